The molecule has 0 heterocycles. The van der Waals surface area contributed by atoms with Crippen LogP contribution in [0.15, 0.2) is 0 Å². The van der Waals surface area contributed by atoms with Crippen LogP contribution < -0.4 is 11.3 Å². The minimum Gasteiger partial charge on any atom is -0.271 e. The number of sulfone groups is 1. The zero-order chi connectivity index (χ0) is 13.0. The Hall–Kier alpha value is -0.130. The van der Waals surface area contributed by atoms with Crippen molar-refractivity contribution in [1.29, 1.82) is 0 Å². The van der Waals surface area contributed by atoms with Crippen LogP contribution in [-0.2, 0) is 9.84 Å². The first-order valence-electron chi connectivity index (χ1n) is 5.82. The first-order valence-corrected chi connectivity index (χ1v) is 7.71. The van der Waals surface area contributed by atoms with Gasteiger partial charge in [0.15, 0.2) is 9.84 Å². The molecule has 2 unspecified atom stereocenters. The van der Waals surface area contributed by atoms with Crippen LogP contribution in [0.1, 0.15) is 47.0 Å². The van der Waals surface area contributed by atoms with Gasteiger partial charge in [0.2, 0.25) is 0 Å². The smallest absolute Gasteiger partial charge is 0.154 e. The molecule has 4 nitrogen and oxygen atoms in total. The molecular weight excluding hydrogens is 224 g/mol. The van der Waals surface area contributed by atoms with Crippen molar-refractivity contribution in [2.24, 2.45) is 11.8 Å². The normalized spacial score (nSPS) is 17.1. The summed E-state index contributed by atoms with van der Waals surface area (Å²) in [6.45, 7) is 7.71. The van der Waals surface area contributed by atoms with Crippen LogP contribution in [0.3, 0.4) is 0 Å². The van der Waals surface area contributed by atoms with Crippen LogP contribution in [0.25, 0.3) is 0 Å². The summed E-state index contributed by atoms with van der Waals surface area (Å²) in [5.74, 6) is 5.96. The number of nitrogens with one attached hydrogen (secondary N) is 1. The van der Waals surface area contributed by atoms with E-state index in [0.29, 0.717) is 5.92 Å². The maximum atomic E-state index is 11.7. The van der Waals surface area contributed by atoms with E-state index < -0.39 is 14.6 Å². The van der Waals surface area contributed by atoms with E-state index in [1.807, 2.05) is 0 Å². The molecule has 0 aromatic carbocycles. The second kappa shape index (κ2) is 5.98. The second-order valence-electron chi connectivity index (χ2n) is 5.22. The van der Waals surface area contributed by atoms with Gasteiger partial charge in [-0.05, 0) is 26.2 Å². The van der Waals surface area contributed by atoms with Gasteiger partial charge in [-0.2, -0.15) is 0 Å². The lowest BCUT2D eigenvalue weighted by Crippen LogP contribution is -2.54. The van der Waals surface area contributed by atoms with Gasteiger partial charge in [0.1, 0.15) is 0 Å². The fourth-order valence-electron chi connectivity index (χ4n) is 1.82. The van der Waals surface area contributed by atoms with Gasteiger partial charge in [0.05, 0.1) is 4.75 Å². The summed E-state index contributed by atoms with van der Waals surface area (Å²) in [5, 5.41) is 0. The second-order valence-corrected chi connectivity index (χ2v) is 7.82. The molecule has 0 saturated carbocycles. The third kappa shape index (κ3) is 4.03. The standard InChI is InChI=1S/C11H26N2O2S/c1-6-7-9(2)8-10(13-12)11(3,4)16(5,14)15/h9-10,13H,6-8,12H2,1-5H3. The van der Waals surface area contributed by atoms with Crippen LogP contribution in [0.2, 0.25) is 0 Å². The average molecular weight is 250 g/mol. The Morgan fingerprint density at radius 2 is 1.88 bits per heavy atom. The fraction of sp³-hybridized carbons (Fsp3) is 1.00. The van der Waals surface area contributed by atoms with Crippen molar-refractivity contribution in [1.82, 2.24) is 5.43 Å². The number of hydrogen-bond donors (Lipinski definition) is 2. The molecule has 0 rings (SSSR count). The highest BCUT2D eigenvalue weighted by Gasteiger charge is 2.38. The fourth-order valence-corrected chi connectivity index (χ4v) is 2.51. The molecule has 2 atom stereocenters. The highest BCUT2D eigenvalue weighted by atomic mass is 32.2. The van der Waals surface area contributed by atoms with Gasteiger partial charge in [-0.3, -0.25) is 11.3 Å². The molecule has 0 aromatic heterocycles. The van der Waals surface area contributed by atoms with Gasteiger partial charge in [-0.25, -0.2) is 8.42 Å². The zero-order valence-electron chi connectivity index (χ0n) is 11.1. The van der Waals surface area contributed by atoms with E-state index in [-0.39, 0.29) is 6.04 Å². The summed E-state index contributed by atoms with van der Waals surface area (Å²) < 4.78 is 22.6. The third-order valence-electron chi connectivity index (χ3n) is 3.42. The predicted molar refractivity (Wildman–Crippen MR) is 68.7 cm³/mol. The molecule has 0 aliphatic carbocycles. The Kier molecular flexibility index (Phi) is 5.93. The summed E-state index contributed by atoms with van der Waals surface area (Å²) in [7, 11) is -3.12. The molecule has 16 heavy (non-hydrogen) atoms. The van der Waals surface area contributed by atoms with Crippen LogP contribution in [0, 0.1) is 5.92 Å². The van der Waals surface area contributed by atoms with Crippen LogP contribution in [-0.4, -0.2) is 25.5 Å². The largest absolute Gasteiger partial charge is 0.271 e. The molecule has 0 amide bonds. The third-order valence-corrected chi connectivity index (χ3v) is 5.61. The van der Waals surface area contributed by atoms with Crippen molar-refractivity contribution in [3.05, 3.63) is 0 Å². The summed E-state index contributed by atoms with van der Waals surface area (Å²) in [6, 6.07) is -0.205. The van der Waals surface area contributed by atoms with Gasteiger partial charge in [0.25, 0.3) is 0 Å². The average Bonchev–Trinajstić information content (AvgIpc) is 2.12. The van der Waals surface area contributed by atoms with Crippen LogP contribution >= 0.6 is 0 Å². The molecule has 5 heteroatoms. The first kappa shape index (κ1) is 15.9. The minimum absolute atomic E-state index is 0.205. The van der Waals surface area contributed by atoms with Crippen molar-refractivity contribution in [2.45, 2.75) is 57.7 Å². The molecule has 0 aliphatic heterocycles. The predicted octanol–water partition coefficient (Wildman–Crippen LogP) is 1.47. The van der Waals surface area contributed by atoms with Gasteiger partial charge in [0, 0.05) is 12.3 Å². The van der Waals surface area contributed by atoms with E-state index in [0.717, 1.165) is 19.3 Å². The van der Waals surface area contributed by atoms with Gasteiger partial charge < -0.3 is 0 Å². The topological polar surface area (TPSA) is 72.2 Å². The highest BCUT2D eigenvalue weighted by molar-refractivity contribution is 7.92. The monoisotopic (exact) mass is 250 g/mol. The van der Waals surface area contributed by atoms with Crippen molar-refractivity contribution in [2.75, 3.05) is 6.26 Å². The van der Waals surface area contributed by atoms with E-state index in [9.17, 15) is 8.42 Å². The number of rotatable bonds is 7. The molecular formula is C11H26N2O2S. The van der Waals surface area contributed by atoms with Gasteiger partial charge in [-0.15, -0.1) is 0 Å². The SMILES string of the molecule is CCCC(C)CC(NN)C(C)(C)S(C)(=O)=O. The molecule has 98 valence electrons. The Bertz CT molecular complexity index is 299. The van der Waals surface area contributed by atoms with Crippen molar-refractivity contribution >= 4 is 9.84 Å². The van der Waals surface area contributed by atoms with Crippen LogP contribution in [0.4, 0.5) is 0 Å². The van der Waals surface area contributed by atoms with E-state index in [1.165, 1.54) is 6.26 Å². The maximum Gasteiger partial charge on any atom is 0.154 e. The minimum atomic E-state index is -3.12. The molecule has 0 bridgehead atoms. The number of hydrogen-bond acceptors (Lipinski definition) is 4. The van der Waals surface area contributed by atoms with Crippen molar-refractivity contribution in [3.63, 3.8) is 0 Å². The quantitative estimate of drug-likeness (QED) is 0.530. The van der Waals surface area contributed by atoms with Crippen molar-refractivity contribution in [3.8, 4) is 0 Å². The van der Waals surface area contributed by atoms with Crippen molar-refractivity contribution < 1.29 is 8.42 Å². The van der Waals surface area contributed by atoms with E-state index in [1.54, 1.807) is 13.8 Å². The lowest BCUT2D eigenvalue weighted by atomic mass is 9.91. The Balaban J connectivity index is 4.74. The summed E-state index contributed by atoms with van der Waals surface area (Å²) in [5.41, 5.74) is 2.66. The molecule has 0 aromatic rings. The summed E-state index contributed by atoms with van der Waals surface area (Å²) >= 11 is 0. The first-order chi connectivity index (χ1) is 7.16. The lowest BCUT2D eigenvalue weighted by molar-refractivity contribution is 0.332. The van der Waals surface area contributed by atoms with E-state index >= 15 is 0 Å². The lowest BCUT2D eigenvalue weighted by Gasteiger charge is -2.33. The molecule has 0 aliphatic rings. The van der Waals surface area contributed by atoms with Gasteiger partial charge >= 0.3 is 0 Å². The number of nitrogens with two attached hydrogens (primary N) is 1. The van der Waals surface area contributed by atoms with Crippen LogP contribution in [0.5, 0.6) is 0 Å². The van der Waals surface area contributed by atoms with Gasteiger partial charge in [-0.1, -0.05) is 26.7 Å². The Labute approximate surface area is 99.9 Å². The molecule has 0 saturated heterocycles. The zero-order valence-corrected chi connectivity index (χ0v) is 11.9. The summed E-state index contributed by atoms with van der Waals surface area (Å²) in [4.78, 5) is 0. The van der Waals surface area contributed by atoms with E-state index in [2.05, 4.69) is 19.3 Å². The Morgan fingerprint density at radius 3 is 2.19 bits per heavy atom. The number of hydrazine groups is 1. The van der Waals surface area contributed by atoms with E-state index in [4.69, 9.17) is 5.84 Å². The Morgan fingerprint density at radius 1 is 1.38 bits per heavy atom. The maximum absolute atomic E-state index is 11.7. The summed E-state index contributed by atoms with van der Waals surface area (Å²) in [6.07, 6.45) is 4.25. The molecule has 0 fully saturated rings. The molecule has 3 N–H and O–H groups in total. The molecule has 0 radical (unpaired) electrons. The highest BCUT2D eigenvalue weighted by Crippen LogP contribution is 2.25. The molecule has 0 spiro atoms.